The maximum absolute atomic E-state index is 13.9. The van der Waals surface area contributed by atoms with E-state index in [0.717, 1.165) is 17.7 Å². The van der Waals surface area contributed by atoms with Crippen LogP contribution in [0.2, 0.25) is 0 Å². The minimum Gasteiger partial charge on any atom is -0.294 e. The van der Waals surface area contributed by atoms with Gasteiger partial charge in [0.15, 0.2) is 18.4 Å². The molecule has 166 valence electrons. The van der Waals surface area contributed by atoms with E-state index in [2.05, 4.69) is 65.8 Å². The Morgan fingerprint density at radius 3 is 1.97 bits per heavy atom. The van der Waals surface area contributed by atoms with E-state index in [0.29, 0.717) is 6.04 Å². The van der Waals surface area contributed by atoms with Gasteiger partial charge in [-0.15, -0.1) is 0 Å². The number of allylic oxidation sites excluding steroid dienone is 1. The maximum Gasteiger partial charge on any atom is 0.210 e. The van der Waals surface area contributed by atoms with Crippen LogP contribution >= 0.6 is 0 Å². The summed E-state index contributed by atoms with van der Waals surface area (Å²) >= 11 is 0. The van der Waals surface area contributed by atoms with E-state index in [1.807, 2.05) is 36.4 Å². The topological polar surface area (TPSA) is 20.1 Å². The molecule has 1 fully saturated rings. The zero-order valence-corrected chi connectivity index (χ0v) is 19.2. The molecule has 0 aromatic heterocycles. The average Bonchev–Trinajstić information content (AvgIpc) is 2.89. The Bertz CT molecular complexity index is 1140. The van der Waals surface area contributed by atoms with Crippen molar-refractivity contribution in [3.63, 3.8) is 0 Å². The number of hydrogen-bond acceptors (Lipinski definition) is 1. The predicted molar refractivity (Wildman–Crippen MR) is 135 cm³/mol. The van der Waals surface area contributed by atoms with Crippen LogP contribution in [0.4, 0.5) is 0 Å². The first kappa shape index (κ1) is 21.6. The lowest BCUT2D eigenvalue weighted by Crippen LogP contribution is -2.46. The summed E-state index contributed by atoms with van der Waals surface area (Å²) in [5, 5.41) is 0. The second-order valence-corrected chi connectivity index (χ2v) is 9.41. The number of hydrogen-bond donors (Lipinski definition) is 0. The molecular formula is C31H32NO+. The molecule has 0 radical (unpaired) electrons. The van der Waals surface area contributed by atoms with Crippen molar-refractivity contribution in [2.24, 2.45) is 5.92 Å². The predicted octanol–water partition coefficient (Wildman–Crippen LogP) is 6.67. The number of nitrogens with zero attached hydrogens (tertiary/aromatic N) is 1. The maximum atomic E-state index is 13.9. The third kappa shape index (κ3) is 4.35. The van der Waals surface area contributed by atoms with Gasteiger partial charge in [-0.2, -0.15) is 0 Å². The molecule has 1 aliphatic heterocycles. The zero-order chi connectivity index (χ0) is 22.6. The summed E-state index contributed by atoms with van der Waals surface area (Å²) in [6.45, 7) is 5.41. The molecule has 33 heavy (non-hydrogen) atoms. The van der Waals surface area contributed by atoms with Gasteiger partial charge in [-0.1, -0.05) is 91.9 Å². The summed E-state index contributed by atoms with van der Waals surface area (Å²) in [6, 6.07) is 31.4. The Morgan fingerprint density at radius 1 is 0.758 bits per heavy atom. The summed E-state index contributed by atoms with van der Waals surface area (Å²) in [6.07, 6.45) is 6.20. The van der Waals surface area contributed by atoms with Crippen LogP contribution < -0.4 is 0 Å². The van der Waals surface area contributed by atoms with Gasteiger partial charge in [-0.05, 0) is 30.5 Å². The first-order chi connectivity index (χ1) is 16.2. The van der Waals surface area contributed by atoms with Crippen molar-refractivity contribution < 1.29 is 9.37 Å². The molecule has 0 spiro atoms. The van der Waals surface area contributed by atoms with Crippen molar-refractivity contribution in [3.05, 3.63) is 120 Å². The SMILES string of the molecule is C=C1C(c2ccccc2)=[N+](C2CCCCC2)C[C@H](C(=O)c2ccccc2)[C@H]1c1ccccc1. The molecule has 1 saturated carbocycles. The minimum atomic E-state index is -0.156. The van der Waals surface area contributed by atoms with E-state index in [1.54, 1.807) is 0 Å². The zero-order valence-electron chi connectivity index (χ0n) is 19.2. The first-order valence-electron chi connectivity index (χ1n) is 12.3. The quantitative estimate of drug-likeness (QED) is 0.324. The Kier molecular flexibility index (Phi) is 6.35. The van der Waals surface area contributed by atoms with Crippen molar-refractivity contribution in [2.45, 2.75) is 44.1 Å². The van der Waals surface area contributed by atoms with Gasteiger partial charge in [0.25, 0.3) is 0 Å². The number of rotatable bonds is 5. The van der Waals surface area contributed by atoms with E-state index in [1.165, 1.54) is 48.9 Å². The van der Waals surface area contributed by atoms with E-state index >= 15 is 0 Å². The number of carbonyl (C=O) groups is 1. The summed E-state index contributed by atoms with van der Waals surface area (Å²) in [4.78, 5) is 13.9. The summed E-state index contributed by atoms with van der Waals surface area (Å²) < 4.78 is 2.54. The third-order valence-electron chi connectivity index (χ3n) is 7.38. The van der Waals surface area contributed by atoms with Crippen LogP contribution in [0.3, 0.4) is 0 Å². The van der Waals surface area contributed by atoms with E-state index < -0.39 is 0 Å². The number of benzene rings is 3. The van der Waals surface area contributed by atoms with Gasteiger partial charge in [0.1, 0.15) is 0 Å². The van der Waals surface area contributed by atoms with E-state index in [4.69, 9.17) is 0 Å². The number of ketones is 1. The lowest BCUT2D eigenvalue weighted by molar-refractivity contribution is -0.576. The number of carbonyl (C=O) groups excluding carboxylic acids is 1. The molecule has 0 N–H and O–H groups in total. The van der Waals surface area contributed by atoms with Crippen LogP contribution in [-0.4, -0.2) is 28.7 Å². The highest BCUT2D eigenvalue weighted by atomic mass is 16.1. The molecule has 3 aromatic rings. The van der Waals surface area contributed by atoms with Gasteiger partial charge in [-0.3, -0.25) is 4.79 Å². The molecule has 2 heteroatoms. The highest BCUT2D eigenvalue weighted by Crippen LogP contribution is 2.40. The molecule has 0 bridgehead atoms. The Morgan fingerprint density at radius 2 is 1.33 bits per heavy atom. The molecule has 1 heterocycles. The molecule has 2 atom stereocenters. The van der Waals surface area contributed by atoms with Crippen LogP contribution in [-0.2, 0) is 0 Å². The van der Waals surface area contributed by atoms with Crippen LogP contribution in [0.1, 0.15) is 59.5 Å². The van der Waals surface area contributed by atoms with Crippen LogP contribution in [0.15, 0.2) is 103 Å². The molecule has 0 saturated heterocycles. The van der Waals surface area contributed by atoms with Crippen molar-refractivity contribution in [1.82, 2.24) is 0 Å². The van der Waals surface area contributed by atoms with Gasteiger partial charge in [0, 0.05) is 35.5 Å². The second-order valence-electron chi connectivity index (χ2n) is 9.41. The first-order valence-corrected chi connectivity index (χ1v) is 12.3. The summed E-state index contributed by atoms with van der Waals surface area (Å²) in [5.41, 5.74) is 5.48. The van der Waals surface area contributed by atoms with Gasteiger partial charge in [0.05, 0.1) is 5.92 Å². The van der Waals surface area contributed by atoms with Gasteiger partial charge >= 0.3 is 0 Å². The fraction of sp³-hybridized carbons (Fsp3) is 0.290. The molecule has 3 aromatic carbocycles. The van der Waals surface area contributed by atoms with Gasteiger partial charge in [-0.25, -0.2) is 4.58 Å². The highest BCUT2D eigenvalue weighted by Gasteiger charge is 2.45. The van der Waals surface area contributed by atoms with Crippen molar-refractivity contribution in [3.8, 4) is 0 Å². The second kappa shape index (κ2) is 9.70. The van der Waals surface area contributed by atoms with Crippen molar-refractivity contribution in [1.29, 1.82) is 0 Å². The Labute approximate surface area is 197 Å². The van der Waals surface area contributed by atoms with Crippen molar-refractivity contribution in [2.75, 3.05) is 6.54 Å². The largest absolute Gasteiger partial charge is 0.294 e. The minimum absolute atomic E-state index is 0.0334. The Balaban J connectivity index is 1.67. The summed E-state index contributed by atoms with van der Waals surface area (Å²) in [5.74, 6) is 0.0316. The normalized spacial score (nSPS) is 21.8. The highest BCUT2D eigenvalue weighted by molar-refractivity contribution is 6.12. The van der Waals surface area contributed by atoms with Gasteiger partial charge < -0.3 is 0 Å². The van der Waals surface area contributed by atoms with E-state index in [9.17, 15) is 4.79 Å². The molecule has 2 aliphatic rings. The van der Waals surface area contributed by atoms with Crippen molar-refractivity contribution >= 4 is 11.5 Å². The smallest absolute Gasteiger partial charge is 0.210 e. The molecule has 1 aliphatic carbocycles. The molecule has 2 nitrogen and oxygen atoms in total. The average molecular weight is 435 g/mol. The molecule has 0 unspecified atom stereocenters. The Hall–Kier alpha value is -3.26. The fourth-order valence-electron chi connectivity index (χ4n) is 5.80. The van der Waals surface area contributed by atoms with Crippen LogP contribution in [0.5, 0.6) is 0 Å². The van der Waals surface area contributed by atoms with Gasteiger partial charge in [0.2, 0.25) is 5.71 Å². The number of Topliss-reactive ketones (excluding diaryl/α,β-unsaturated/α-hetero) is 1. The van der Waals surface area contributed by atoms with Crippen LogP contribution in [0.25, 0.3) is 0 Å². The molecule has 5 rings (SSSR count). The fourth-order valence-corrected chi connectivity index (χ4v) is 5.80. The lowest BCUT2D eigenvalue weighted by Gasteiger charge is -2.35. The standard InChI is InChI=1S/C31H32NO/c1-23-29(24-14-6-2-7-15-24)28(31(33)26-18-10-4-11-19-26)22-32(27-20-12-5-13-21-27)30(23)25-16-8-3-9-17-25/h2-4,6-11,14-19,27-29H,1,5,12-13,20-22H2/q+1/t28-,29+/m0/s1. The summed E-state index contributed by atoms with van der Waals surface area (Å²) in [7, 11) is 0. The third-order valence-corrected chi connectivity index (χ3v) is 7.38. The molecular weight excluding hydrogens is 402 g/mol. The molecule has 0 amide bonds. The van der Waals surface area contributed by atoms with Crippen LogP contribution in [0, 0.1) is 5.92 Å². The lowest BCUT2D eigenvalue weighted by atomic mass is 9.72. The monoisotopic (exact) mass is 434 g/mol. The van der Waals surface area contributed by atoms with E-state index in [-0.39, 0.29) is 17.6 Å².